The van der Waals surface area contributed by atoms with Crippen LogP contribution in [0.4, 0.5) is 5.69 Å². The first-order valence-electron chi connectivity index (χ1n) is 7.80. The van der Waals surface area contributed by atoms with Crippen molar-refractivity contribution < 1.29 is 4.74 Å². The second-order valence-electron chi connectivity index (χ2n) is 7.52. The molecule has 1 aromatic heterocycles. The highest BCUT2D eigenvalue weighted by molar-refractivity contribution is 5.52. The van der Waals surface area contributed by atoms with Crippen molar-refractivity contribution >= 4 is 5.69 Å². The molecule has 1 aliphatic rings. The Morgan fingerprint density at radius 3 is 2.43 bits per heavy atom. The fourth-order valence-electron chi connectivity index (χ4n) is 3.12. The Labute approximate surface area is 128 Å². The summed E-state index contributed by atoms with van der Waals surface area (Å²) >= 11 is 0. The number of rotatable bonds is 4. The van der Waals surface area contributed by atoms with Gasteiger partial charge in [-0.25, -0.2) is 0 Å². The summed E-state index contributed by atoms with van der Waals surface area (Å²) in [5.74, 6) is 0. The zero-order valence-electron chi connectivity index (χ0n) is 14.2. The summed E-state index contributed by atoms with van der Waals surface area (Å²) in [5, 5.41) is 3.50. The summed E-state index contributed by atoms with van der Waals surface area (Å²) in [6.45, 7) is 15.6. The third kappa shape index (κ3) is 4.42. The normalized spacial score (nSPS) is 20.8. The van der Waals surface area contributed by atoms with Crippen molar-refractivity contribution in [1.29, 1.82) is 0 Å². The number of hydrogen-bond acceptors (Lipinski definition) is 4. The molecular formula is C17H29N3O. The lowest BCUT2D eigenvalue weighted by atomic mass is 9.98. The van der Waals surface area contributed by atoms with Gasteiger partial charge in [-0.2, -0.15) is 0 Å². The zero-order valence-corrected chi connectivity index (χ0v) is 14.2. The van der Waals surface area contributed by atoms with Gasteiger partial charge >= 0.3 is 0 Å². The van der Waals surface area contributed by atoms with Crippen LogP contribution in [-0.2, 0) is 11.3 Å². The molecule has 1 aromatic rings. The number of nitrogens with zero attached hydrogens (tertiary/aromatic N) is 2. The lowest BCUT2D eigenvalue weighted by Gasteiger charge is -2.48. The van der Waals surface area contributed by atoms with Crippen LogP contribution in [0.1, 0.15) is 47.1 Å². The van der Waals surface area contributed by atoms with Gasteiger partial charge in [-0.3, -0.25) is 4.98 Å². The van der Waals surface area contributed by atoms with Gasteiger partial charge in [0.25, 0.3) is 0 Å². The lowest BCUT2D eigenvalue weighted by molar-refractivity contribution is -0.133. The van der Waals surface area contributed by atoms with Crippen molar-refractivity contribution in [3.05, 3.63) is 24.0 Å². The van der Waals surface area contributed by atoms with Gasteiger partial charge in [0, 0.05) is 31.9 Å². The second-order valence-corrected chi connectivity index (χ2v) is 7.52. The fourth-order valence-corrected chi connectivity index (χ4v) is 3.12. The van der Waals surface area contributed by atoms with E-state index >= 15 is 0 Å². The topological polar surface area (TPSA) is 37.4 Å². The van der Waals surface area contributed by atoms with Gasteiger partial charge in [0.05, 0.1) is 23.1 Å². The summed E-state index contributed by atoms with van der Waals surface area (Å²) in [6.07, 6.45) is 3.85. The molecular weight excluding hydrogens is 262 g/mol. The van der Waals surface area contributed by atoms with E-state index in [-0.39, 0.29) is 11.2 Å². The molecule has 2 rings (SSSR count). The Morgan fingerprint density at radius 2 is 1.86 bits per heavy atom. The minimum absolute atomic E-state index is 0.152. The second kappa shape index (κ2) is 5.93. The van der Waals surface area contributed by atoms with Crippen LogP contribution in [0.15, 0.2) is 18.5 Å². The molecule has 0 spiro atoms. The molecule has 4 nitrogen and oxygen atoms in total. The molecule has 2 heterocycles. The molecule has 0 radical (unpaired) electrons. The molecule has 4 heteroatoms. The number of pyridine rings is 1. The molecule has 0 bridgehead atoms. The van der Waals surface area contributed by atoms with E-state index in [1.807, 2.05) is 12.4 Å². The van der Waals surface area contributed by atoms with Crippen molar-refractivity contribution in [1.82, 2.24) is 10.3 Å². The van der Waals surface area contributed by atoms with Crippen LogP contribution < -0.4 is 10.2 Å². The first-order valence-corrected chi connectivity index (χ1v) is 7.80. The Kier molecular flexibility index (Phi) is 4.59. The molecule has 21 heavy (non-hydrogen) atoms. The third-order valence-corrected chi connectivity index (χ3v) is 3.62. The highest BCUT2D eigenvalue weighted by Crippen LogP contribution is 2.32. The van der Waals surface area contributed by atoms with Gasteiger partial charge in [0.2, 0.25) is 0 Å². The largest absolute Gasteiger partial charge is 0.366 e. The Hall–Kier alpha value is -1.13. The summed E-state index contributed by atoms with van der Waals surface area (Å²) in [6, 6.07) is 2.59. The molecule has 0 aliphatic carbocycles. The van der Waals surface area contributed by atoms with Crippen LogP contribution in [0.25, 0.3) is 0 Å². The number of aromatic nitrogens is 1. The van der Waals surface area contributed by atoms with E-state index in [9.17, 15) is 0 Å². The third-order valence-electron chi connectivity index (χ3n) is 3.62. The Bertz CT molecular complexity index is 467. The molecule has 0 unspecified atom stereocenters. The average molecular weight is 291 g/mol. The monoisotopic (exact) mass is 291 g/mol. The number of morpholine rings is 1. The zero-order chi connectivity index (χ0) is 15.7. The summed E-state index contributed by atoms with van der Waals surface area (Å²) in [7, 11) is 0. The number of ether oxygens (including phenoxy) is 1. The molecule has 0 atom stereocenters. The van der Waals surface area contributed by atoms with Gasteiger partial charge in [0.1, 0.15) is 0 Å². The fraction of sp³-hybridized carbons (Fsp3) is 0.706. The van der Waals surface area contributed by atoms with Gasteiger partial charge in [-0.05, 0) is 39.3 Å². The van der Waals surface area contributed by atoms with Crippen molar-refractivity contribution in [2.75, 3.05) is 18.0 Å². The summed E-state index contributed by atoms with van der Waals surface area (Å²) < 4.78 is 6.17. The maximum atomic E-state index is 6.17. The van der Waals surface area contributed by atoms with Gasteiger partial charge in [0.15, 0.2) is 0 Å². The first-order chi connectivity index (χ1) is 9.69. The van der Waals surface area contributed by atoms with E-state index in [2.05, 4.69) is 62.8 Å². The predicted molar refractivity (Wildman–Crippen MR) is 87.7 cm³/mol. The minimum atomic E-state index is -0.152. The average Bonchev–Trinajstić information content (AvgIpc) is 2.33. The number of hydrogen-bond donors (Lipinski definition) is 1. The summed E-state index contributed by atoms with van der Waals surface area (Å²) in [5.41, 5.74) is 2.21. The van der Waals surface area contributed by atoms with Crippen molar-refractivity contribution in [2.45, 2.75) is 65.3 Å². The SMILES string of the molecule is CC(C)NCc1ccncc1N1CC(C)(C)OC(C)(C)C1. The molecule has 0 amide bonds. The van der Waals surface area contributed by atoms with E-state index in [4.69, 9.17) is 4.74 Å². The van der Waals surface area contributed by atoms with E-state index in [1.165, 1.54) is 11.3 Å². The minimum Gasteiger partial charge on any atom is -0.366 e. The van der Waals surface area contributed by atoms with E-state index < -0.39 is 0 Å². The van der Waals surface area contributed by atoms with Crippen molar-refractivity contribution in [3.63, 3.8) is 0 Å². The Morgan fingerprint density at radius 1 is 1.24 bits per heavy atom. The van der Waals surface area contributed by atoms with Crippen LogP contribution in [0.3, 0.4) is 0 Å². The predicted octanol–water partition coefficient (Wildman–Crippen LogP) is 2.97. The smallest absolute Gasteiger partial charge is 0.0808 e. The Balaban J connectivity index is 2.24. The highest BCUT2D eigenvalue weighted by Gasteiger charge is 2.38. The van der Waals surface area contributed by atoms with Crippen LogP contribution in [0, 0.1) is 0 Å². The van der Waals surface area contributed by atoms with Crippen LogP contribution in [-0.4, -0.2) is 35.3 Å². The molecule has 1 fully saturated rings. The van der Waals surface area contributed by atoms with E-state index in [0.717, 1.165) is 19.6 Å². The molecule has 0 aromatic carbocycles. The van der Waals surface area contributed by atoms with Crippen LogP contribution in [0.2, 0.25) is 0 Å². The number of nitrogens with one attached hydrogen (secondary N) is 1. The first kappa shape index (κ1) is 16.2. The quantitative estimate of drug-likeness (QED) is 0.925. The van der Waals surface area contributed by atoms with Crippen molar-refractivity contribution in [2.24, 2.45) is 0 Å². The molecule has 1 aliphatic heterocycles. The standard InChI is InChI=1S/C17H29N3O/c1-13(2)19-9-14-7-8-18-10-15(14)20-11-16(3,4)21-17(5,6)12-20/h7-8,10,13,19H,9,11-12H2,1-6H3. The summed E-state index contributed by atoms with van der Waals surface area (Å²) in [4.78, 5) is 6.74. The van der Waals surface area contributed by atoms with E-state index in [1.54, 1.807) is 0 Å². The molecule has 0 saturated carbocycles. The van der Waals surface area contributed by atoms with Gasteiger partial charge < -0.3 is 15.0 Å². The van der Waals surface area contributed by atoms with E-state index in [0.29, 0.717) is 6.04 Å². The molecule has 1 saturated heterocycles. The van der Waals surface area contributed by atoms with Crippen molar-refractivity contribution in [3.8, 4) is 0 Å². The lowest BCUT2D eigenvalue weighted by Crippen LogP contribution is -2.57. The van der Waals surface area contributed by atoms with Gasteiger partial charge in [-0.1, -0.05) is 13.8 Å². The maximum Gasteiger partial charge on any atom is 0.0808 e. The highest BCUT2D eigenvalue weighted by atomic mass is 16.5. The maximum absolute atomic E-state index is 6.17. The molecule has 118 valence electrons. The number of anilines is 1. The van der Waals surface area contributed by atoms with Crippen LogP contribution in [0.5, 0.6) is 0 Å². The van der Waals surface area contributed by atoms with Gasteiger partial charge in [-0.15, -0.1) is 0 Å². The van der Waals surface area contributed by atoms with Crippen LogP contribution >= 0.6 is 0 Å². The molecule has 1 N–H and O–H groups in total.